The first-order valence-corrected chi connectivity index (χ1v) is 16.5. The molecule has 0 spiro atoms. The third-order valence-corrected chi connectivity index (χ3v) is 9.50. The smallest absolute Gasteiger partial charge is 0.317 e. The number of aliphatic carboxylic acids is 1. The summed E-state index contributed by atoms with van der Waals surface area (Å²) < 4.78 is 40.7. The lowest BCUT2D eigenvalue weighted by atomic mass is 10.0. The van der Waals surface area contributed by atoms with Crippen LogP contribution < -0.4 is 19.8 Å². The number of hydrogen-bond acceptors (Lipinski definition) is 10. The van der Waals surface area contributed by atoms with Gasteiger partial charge in [0.05, 0.1) is 36.1 Å². The standard InChI is InChI=1S/C29H36ClFN8O4S.ClH/c1-36(44(2,42)43)26-6-4-3-5-24(26)34-28-22(30)18-32-29(35-28)33-20-7-8-25(23(31)17-20)39-11-9-21(10-12-39)38-15-13-37(14-16-38)19-27(40)41;/h3-8,17-18,21H,9-16,19H2,1-2H3,(H,40,41)(H2,32,33,34,35);1H. The molecule has 2 aliphatic rings. The van der Waals surface area contributed by atoms with Crippen molar-refractivity contribution in [1.29, 1.82) is 0 Å². The number of carboxylic acids is 1. The highest BCUT2D eigenvalue weighted by Crippen LogP contribution is 2.33. The highest BCUT2D eigenvalue weighted by atomic mass is 35.5. The number of rotatable bonds is 10. The van der Waals surface area contributed by atoms with Crippen LogP contribution in [0.4, 0.5) is 38.9 Å². The summed E-state index contributed by atoms with van der Waals surface area (Å²) in [7, 11) is -2.05. The van der Waals surface area contributed by atoms with Crippen LogP contribution in [0.15, 0.2) is 48.7 Å². The van der Waals surface area contributed by atoms with Crippen molar-refractivity contribution in [2.75, 3.05) is 79.0 Å². The number of benzene rings is 2. The number of halogens is 3. The van der Waals surface area contributed by atoms with E-state index < -0.39 is 16.0 Å². The van der Waals surface area contributed by atoms with E-state index in [1.165, 1.54) is 19.3 Å². The molecule has 0 bridgehead atoms. The van der Waals surface area contributed by atoms with Gasteiger partial charge in [-0.2, -0.15) is 4.98 Å². The molecule has 45 heavy (non-hydrogen) atoms. The summed E-state index contributed by atoms with van der Waals surface area (Å²) in [5, 5.41) is 15.3. The largest absolute Gasteiger partial charge is 0.480 e. The Morgan fingerprint density at radius 2 is 1.78 bits per heavy atom. The maximum absolute atomic E-state index is 15.3. The molecule has 3 N–H and O–H groups in total. The number of aromatic nitrogens is 2. The molecular formula is C29H37Cl2FN8O4S. The van der Waals surface area contributed by atoms with E-state index in [9.17, 15) is 13.2 Å². The normalized spacial score (nSPS) is 16.6. The number of hydrogen-bond donors (Lipinski definition) is 3. The second-order valence-corrected chi connectivity index (χ2v) is 13.4. The van der Waals surface area contributed by atoms with Crippen molar-refractivity contribution < 1.29 is 22.7 Å². The van der Waals surface area contributed by atoms with Gasteiger partial charge in [0, 0.05) is 58.0 Å². The number of nitrogens with zero attached hydrogens (tertiary/aromatic N) is 6. The third kappa shape index (κ3) is 8.64. The van der Waals surface area contributed by atoms with Crippen LogP contribution in [0.25, 0.3) is 0 Å². The summed E-state index contributed by atoms with van der Waals surface area (Å²) in [5.74, 6) is -0.722. The lowest BCUT2D eigenvalue weighted by Crippen LogP contribution is -2.54. The predicted molar refractivity (Wildman–Crippen MR) is 178 cm³/mol. The third-order valence-electron chi connectivity index (χ3n) is 8.03. The molecule has 0 amide bonds. The van der Waals surface area contributed by atoms with Crippen LogP contribution in [-0.2, 0) is 14.8 Å². The highest BCUT2D eigenvalue weighted by molar-refractivity contribution is 7.92. The zero-order valence-corrected chi connectivity index (χ0v) is 27.4. The van der Waals surface area contributed by atoms with E-state index in [1.54, 1.807) is 36.4 Å². The fraction of sp³-hybridized carbons (Fsp3) is 0.414. The summed E-state index contributed by atoms with van der Waals surface area (Å²) in [6.07, 6.45) is 4.35. The van der Waals surface area contributed by atoms with Crippen LogP contribution in [0, 0.1) is 5.82 Å². The molecule has 0 unspecified atom stereocenters. The van der Waals surface area contributed by atoms with E-state index in [4.69, 9.17) is 16.7 Å². The molecule has 3 aromatic rings. The van der Waals surface area contributed by atoms with Gasteiger partial charge in [0.25, 0.3) is 0 Å². The maximum atomic E-state index is 15.3. The number of nitrogens with one attached hydrogen (secondary N) is 2. The number of piperazine rings is 1. The Bertz CT molecular complexity index is 1600. The van der Waals surface area contributed by atoms with Gasteiger partial charge in [-0.25, -0.2) is 17.8 Å². The van der Waals surface area contributed by atoms with E-state index in [2.05, 4.69) is 30.4 Å². The molecule has 2 saturated heterocycles. The Morgan fingerprint density at radius 3 is 2.42 bits per heavy atom. The lowest BCUT2D eigenvalue weighted by molar-refractivity contribution is -0.138. The Labute approximate surface area is 273 Å². The summed E-state index contributed by atoms with van der Waals surface area (Å²) >= 11 is 6.35. The Hall–Kier alpha value is -3.43. The van der Waals surface area contributed by atoms with E-state index in [1.807, 2.05) is 4.90 Å². The first kappa shape index (κ1) is 34.4. The number of carbonyl (C=O) groups is 1. The van der Waals surface area contributed by atoms with Crippen molar-refractivity contribution in [1.82, 2.24) is 19.8 Å². The Morgan fingerprint density at radius 1 is 1.09 bits per heavy atom. The Balaban J connectivity index is 0.00000461. The van der Waals surface area contributed by atoms with Gasteiger partial charge in [-0.15, -0.1) is 12.4 Å². The quantitative estimate of drug-likeness (QED) is 0.283. The zero-order valence-electron chi connectivity index (χ0n) is 25.0. The van der Waals surface area contributed by atoms with Crippen LogP contribution in [0.2, 0.25) is 5.02 Å². The van der Waals surface area contributed by atoms with Gasteiger partial charge < -0.3 is 20.6 Å². The fourth-order valence-electron chi connectivity index (χ4n) is 5.60. The summed E-state index contributed by atoms with van der Waals surface area (Å²) in [6, 6.07) is 12.2. The van der Waals surface area contributed by atoms with Gasteiger partial charge >= 0.3 is 5.97 Å². The number of para-hydroxylation sites is 2. The second kappa shape index (κ2) is 14.8. The topological polar surface area (TPSA) is 134 Å². The average Bonchev–Trinajstić information content (AvgIpc) is 2.99. The van der Waals surface area contributed by atoms with E-state index in [-0.39, 0.29) is 41.6 Å². The van der Waals surface area contributed by atoms with Gasteiger partial charge in [0.2, 0.25) is 16.0 Å². The molecule has 3 heterocycles. The van der Waals surface area contributed by atoms with E-state index in [0.29, 0.717) is 28.8 Å². The highest BCUT2D eigenvalue weighted by Gasteiger charge is 2.29. The average molecular weight is 684 g/mol. The molecule has 16 heteroatoms. The van der Waals surface area contributed by atoms with Gasteiger partial charge in [0.15, 0.2) is 5.82 Å². The van der Waals surface area contributed by atoms with Crippen LogP contribution in [0.1, 0.15) is 12.8 Å². The molecule has 244 valence electrons. The molecule has 0 saturated carbocycles. The van der Waals surface area contributed by atoms with Crippen molar-refractivity contribution in [2.24, 2.45) is 0 Å². The predicted octanol–water partition coefficient (Wildman–Crippen LogP) is 4.24. The first-order valence-electron chi connectivity index (χ1n) is 14.3. The molecule has 0 aliphatic carbocycles. The summed E-state index contributed by atoms with van der Waals surface area (Å²) in [5.41, 5.74) is 1.89. The van der Waals surface area contributed by atoms with E-state index in [0.717, 1.165) is 62.7 Å². The van der Waals surface area contributed by atoms with Crippen molar-refractivity contribution in [3.8, 4) is 0 Å². The van der Waals surface area contributed by atoms with Crippen LogP contribution in [-0.4, -0.2) is 104 Å². The van der Waals surface area contributed by atoms with Gasteiger partial charge in [-0.1, -0.05) is 23.7 Å². The molecule has 2 fully saturated rings. The number of anilines is 6. The molecule has 0 radical (unpaired) electrons. The monoisotopic (exact) mass is 682 g/mol. The lowest BCUT2D eigenvalue weighted by Gasteiger charge is -2.43. The molecule has 1 aromatic heterocycles. The molecule has 12 nitrogen and oxygen atoms in total. The Kier molecular flexibility index (Phi) is 11.3. The number of sulfonamides is 1. The molecule has 2 aromatic carbocycles. The van der Waals surface area contributed by atoms with Crippen molar-refractivity contribution in [3.63, 3.8) is 0 Å². The zero-order chi connectivity index (χ0) is 31.4. The van der Waals surface area contributed by atoms with E-state index >= 15 is 4.39 Å². The molecule has 0 atom stereocenters. The summed E-state index contributed by atoms with van der Waals surface area (Å²) in [4.78, 5) is 26.1. The van der Waals surface area contributed by atoms with Crippen molar-refractivity contribution in [2.45, 2.75) is 18.9 Å². The van der Waals surface area contributed by atoms with Gasteiger partial charge in [0.1, 0.15) is 10.8 Å². The minimum absolute atomic E-state index is 0. The molecule has 5 rings (SSSR count). The molecule has 2 aliphatic heterocycles. The number of carboxylic acid groups (broad SMARTS) is 1. The molecular weight excluding hydrogens is 646 g/mol. The maximum Gasteiger partial charge on any atom is 0.317 e. The van der Waals surface area contributed by atoms with Crippen LogP contribution >= 0.6 is 24.0 Å². The minimum Gasteiger partial charge on any atom is -0.480 e. The van der Waals surface area contributed by atoms with Crippen molar-refractivity contribution >= 4 is 74.5 Å². The van der Waals surface area contributed by atoms with Gasteiger partial charge in [-0.3, -0.25) is 18.9 Å². The van der Waals surface area contributed by atoms with Crippen LogP contribution in [0.5, 0.6) is 0 Å². The summed E-state index contributed by atoms with van der Waals surface area (Å²) in [6.45, 7) is 4.74. The fourth-order valence-corrected chi connectivity index (χ4v) is 6.25. The first-order chi connectivity index (χ1) is 21.0. The SMILES string of the molecule is CN(c1ccccc1Nc1nc(Nc2ccc(N3CCC(N4CCN(CC(=O)O)CC4)CC3)c(F)c2)ncc1Cl)S(C)(=O)=O.Cl. The second-order valence-electron chi connectivity index (χ2n) is 11.0. The minimum atomic E-state index is -3.50. The number of piperidine rings is 1. The van der Waals surface area contributed by atoms with Gasteiger partial charge in [-0.05, 0) is 43.2 Å². The van der Waals surface area contributed by atoms with Crippen LogP contribution in [0.3, 0.4) is 0 Å². The van der Waals surface area contributed by atoms with Crippen molar-refractivity contribution in [3.05, 3.63) is 59.5 Å².